The number of fused-ring (bicyclic) bond motifs is 2. The minimum absolute atomic E-state index is 0.178. The van der Waals surface area contributed by atoms with Gasteiger partial charge in [0.15, 0.2) is 16.5 Å². The molecule has 1 fully saturated rings. The average Bonchev–Trinajstić information content (AvgIpc) is 3.57. The first-order chi connectivity index (χ1) is 16.2. The molecule has 0 unspecified atom stereocenters. The summed E-state index contributed by atoms with van der Waals surface area (Å²) < 4.78 is 12.9. The maximum Gasteiger partial charge on any atom is 0.255 e. The Morgan fingerprint density at radius 2 is 1.97 bits per heavy atom. The number of hydrogen-bond donors (Lipinski definition) is 2. The van der Waals surface area contributed by atoms with Crippen LogP contribution in [0.25, 0.3) is 16.2 Å². The molecule has 168 valence electrons. The molecule has 4 heterocycles. The Morgan fingerprint density at radius 3 is 2.88 bits per heavy atom. The number of nitrogens with one attached hydrogen (secondary N) is 2. The minimum atomic E-state index is -0.207. The molecule has 6 rings (SSSR count). The fourth-order valence-electron chi connectivity index (χ4n) is 4.22. The van der Waals surface area contributed by atoms with Crippen LogP contribution in [0.1, 0.15) is 16.1 Å². The van der Waals surface area contributed by atoms with Gasteiger partial charge in [-0.2, -0.15) is 0 Å². The third-order valence-electron chi connectivity index (χ3n) is 5.96. The Morgan fingerprint density at radius 1 is 1.12 bits per heavy atom. The van der Waals surface area contributed by atoms with Crippen molar-refractivity contribution in [1.29, 1.82) is 0 Å². The number of rotatable bonds is 5. The number of hydrogen-bond acceptors (Lipinski definition) is 7. The van der Waals surface area contributed by atoms with Gasteiger partial charge in [0.05, 0.1) is 11.4 Å². The third-order valence-corrected chi connectivity index (χ3v) is 6.85. The number of amides is 1. The van der Waals surface area contributed by atoms with Crippen LogP contribution >= 0.6 is 11.3 Å². The van der Waals surface area contributed by atoms with E-state index in [0.717, 1.165) is 54.6 Å². The molecule has 4 aromatic rings. The normalized spacial score (nSPS) is 15.8. The number of benzene rings is 2. The van der Waals surface area contributed by atoms with E-state index in [1.54, 1.807) is 29.5 Å². The molecule has 0 spiro atoms. The van der Waals surface area contributed by atoms with Crippen molar-refractivity contribution in [3.8, 4) is 22.8 Å². The first-order valence-corrected chi connectivity index (χ1v) is 11.8. The summed E-state index contributed by atoms with van der Waals surface area (Å²) in [5, 5.41) is 8.62. The van der Waals surface area contributed by atoms with E-state index in [0.29, 0.717) is 17.1 Å². The van der Waals surface area contributed by atoms with E-state index in [1.165, 1.54) is 5.69 Å². The van der Waals surface area contributed by atoms with Gasteiger partial charge in [-0.25, -0.2) is 4.98 Å². The number of aromatic nitrogens is 2. The molecular weight excluding hydrogens is 438 g/mol. The summed E-state index contributed by atoms with van der Waals surface area (Å²) in [5.41, 5.74) is 4.19. The third kappa shape index (κ3) is 3.95. The molecule has 1 amide bonds. The summed E-state index contributed by atoms with van der Waals surface area (Å²) in [5.74, 6) is 1.03. The zero-order chi connectivity index (χ0) is 22.2. The maximum absolute atomic E-state index is 13.0. The number of anilines is 1. The fraction of sp³-hybridized carbons (Fsp3) is 0.250. The number of carbonyl (C=O) groups is 1. The topological polar surface area (TPSA) is 80.1 Å². The standard InChI is InChI=1S/C24H23N5O3S/c30-23(16-5-6-21-22(11-16)32-15-31-21)26-19-4-2-1-3-18(19)20-13-29-17(14-33-24(29)27-20)12-28-9-7-25-8-10-28/h1-6,11,13-14,25H,7-10,12,15H2,(H,26,30). The van der Waals surface area contributed by atoms with Crippen LogP contribution in [0.15, 0.2) is 54.0 Å². The van der Waals surface area contributed by atoms with Crippen molar-refractivity contribution >= 4 is 27.9 Å². The number of piperazine rings is 1. The van der Waals surface area contributed by atoms with Crippen molar-refractivity contribution in [3.05, 3.63) is 65.3 Å². The zero-order valence-corrected chi connectivity index (χ0v) is 18.7. The highest BCUT2D eigenvalue weighted by Crippen LogP contribution is 2.34. The molecule has 9 heteroatoms. The quantitative estimate of drug-likeness (QED) is 0.474. The summed E-state index contributed by atoms with van der Waals surface area (Å²) in [4.78, 5) is 21.2. The molecular formula is C24H23N5O3S. The minimum Gasteiger partial charge on any atom is -0.454 e. The smallest absolute Gasteiger partial charge is 0.255 e. The van der Waals surface area contributed by atoms with Crippen molar-refractivity contribution in [2.45, 2.75) is 6.54 Å². The number of para-hydroxylation sites is 1. The Balaban J connectivity index is 1.26. The average molecular weight is 462 g/mol. The van der Waals surface area contributed by atoms with E-state index in [2.05, 4.69) is 31.5 Å². The van der Waals surface area contributed by atoms with E-state index >= 15 is 0 Å². The lowest BCUT2D eigenvalue weighted by molar-refractivity contribution is 0.102. The zero-order valence-electron chi connectivity index (χ0n) is 17.9. The highest BCUT2D eigenvalue weighted by Gasteiger charge is 2.19. The van der Waals surface area contributed by atoms with Gasteiger partial charge in [0.2, 0.25) is 6.79 Å². The number of ether oxygens (including phenoxy) is 2. The van der Waals surface area contributed by atoms with Gasteiger partial charge in [0.1, 0.15) is 0 Å². The van der Waals surface area contributed by atoms with Gasteiger partial charge < -0.3 is 20.1 Å². The largest absolute Gasteiger partial charge is 0.454 e. The lowest BCUT2D eigenvalue weighted by atomic mass is 10.1. The van der Waals surface area contributed by atoms with Gasteiger partial charge in [-0.1, -0.05) is 18.2 Å². The van der Waals surface area contributed by atoms with Crippen LogP contribution in [0, 0.1) is 0 Å². The van der Waals surface area contributed by atoms with Gasteiger partial charge in [-0.15, -0.1) is 11.3 Å². The van der Waals surface area contributed by atoms with Crippen molar-refractivity contribution in [2.24, 2.45) is 0 Å². The number of imidazole rings is 1. The maximum atomic E-state index is 13.0. The van der Waals surface area contributed by atoms with E-state index in [-0.39, 0.29) is 12.7 Å². The molecule has 2 aromatic heterocycles. The number of carbonyl (C=O) groups excluding carboxylic acids is 1. The fourth-order valence-corrected chi connectivity index (χ4v) is 5.08. The predicted molar refractivity (Wildman–Crippen MR) is 127 cm³/mol. The Bertz CT molecular complexity index is 1320. The van der Waals surface area contributed by atoms with Gasteiger partial charge in [0, 0.05) is 61.1 Å². The van der Waals surface area contributed by atoms with Crippen LogP contribution in [-0.4, -0.2) is 53.2 Å². The Hall–Kier alpha value is -3.40. The second-order valence-electron chi connectivity index (χ2n) is 8.10. The summed E-state index contributed by atoms with van der Waals surface area (Å²) in [6, 6.07) is 12.9. The van der Waals surface area contributed by atoms with E-state index in [4.69, 9.17) is 14.5 Å². The highest BCUT2D eigenvalue weighted by molar-refractivity contribution is 7.15. The summed E-state index contributed by atoms with van der Waals surface area (Å²) in [7, 11) is 0. The molecule has 0 saturated carbocycles. The molecule has 0 radical (unpaired) electrons. The second-order valence-corrected chi connectivity index (χ2v) is 8.94. The molecule has 1 saturated heterocycles. The van der Waals surface area contributed by atoms with Crippen molar-refractivity contribution in [2.75, 3.05) is 38.3 Å². The molecule has 0 atom stereocenters. The first-order valence-electron chi connectivity index (χ1n) is 10.9. The highest BCUT2D eigenvalue weighted by atomic mass is 32.1. The molecule has 2 aliphatic rings. The van der Waals surface area contributed by atoms with Crippen LogP contribution in [-0.2, 0) is 6.54 Å². The molecule has 2 aromatic carbocycles. The van der Waals surface area contributed by atoms with Crippen LogP contribution in [0.2, 0.25) is 0 Å². The van der Waals surface area contributed by atoms with Gasteiger partial charge >= 0.3 is 0 Å². The Labute approximate surface area is 194 Å². The SMILES string of the molecule is O=C(Nc1ccccc1-c1cn2c(CN3CCNCC3)csc2n1)c1ccc2c(c1)OCO2. The second kappa shape index (κ2) is 8.51. The number of thiazole rings is 1. The molecule has 2 aliphatic heterocycles. The van der Waals surface area contributed by atoms with Crippen LogP contribution in [0.4, 0.5) is 5.69 Å². The van der Waals surface area contributed by atoms with Crippen molar-refractivity contribution < 1.29 is 14.3 Å². The lowest BCUT2D eigenvalue weighted by Crippen LogP contribution is -2.43. The summed E-state index contributed by atoms with van der Waals surface area (Å²) in [6.45, 7) is 5.23. The summed E-state index contributed by atoms with van der Waals surface area (Å²) >= 11 is 1.64. The van der Waals surface area contributed by atoms with Crippen LogP contribution < -0.4 is 20.1 Å². The summed E-state index contributed by atoms with van der Waals surface area (Å²) in [6.07, 6.45) is 2.06. The molecule has 2 N–H and O–H groups in total. The van der Waals surface area contributed by atoms with Gasteiger partial charge in [0.25, 0.3) is 5.91 Å². The molecule has 8 nitrogen and oxygen atoms in total. The van der Waals surface area contributed by atoms with Gasteiger partial charge in [-0.05, 0) is 24.3 Å². The predicted octanol–water partition coefficient (Wildman–Crippen LogP) is 3.45. The van der Waals surface area contributed by atoms with Crippen LogP contribution in [0.3, 0.4) is 0 Å². The Kier molecular flexibility index (Phi) is 5.21. The van der Waals surface area contributed by atoms with Crippen LogP contribution in [0.5, 0.6) is 11.5 Å². The first kappa shape index (κ1) is 20.2. The van der Waals surface area contributed by atoms with Crippen molar-refractivity contribution in [3.63, 3.8) is 0 Å². The van der Waals surface area contributed by atoms with E-state index in [1.807, 2.05) is 24.3 Å². The van der Waals surface area contributed by atoms with Gasteiger partial charge in [-0.3, -0.25) is 14.1 Å². The van der Waals surface area contributed by atoms with E-state index in [9.17, 15) is 4.79 Å². The molecule has 33 heavy (non-hydrogen) atoms. The number of nitrogens with zero attached hydrogens (tertiary/aromatic N) is 3. The molecule has 0 aliphatic carbocycles. The van der Waals surface area contributed by atoms with E-state index < -0.39 is 0 Å². The monoisotopic (exact) mass is 461 g/mol. The lowest BCUT2D eigenvalue weighted by Gasteiger charge is -2.26. The molecule has 0 bridgehead atoms. The van der Waals surface area contributed by atoms with Crippen molar-refractivity contribution in [1.82, 2.24) is 19.6 Å².